The first kappa shape index (κ1) is 9.48. The molecule has 0 atom stereocenters. The number of rotatable bonds is 3. The van der Waals surface area contributed by atoms with Gasteiger partial charge in [0, 0.05) is 6.08 Å². The van der Waals surface area contributed by atoms with Crippen LogP contribution in [0.25, 0.3) is 6.08 Å². The minimum absolute atomic E-state index is 0.0330. The molecule has 1 rings (SSSR count). The molecule has 0 fully saturated rings. The molecule has 1 aromatic rings. The first-order valence-electron chi connectivity index (χ1n) is 3.83. The Balaban J connectivity index is 2.83. The zero-order valence-electron chi connectivity index (χ0n) is 6.97. The van der Waals surface area contributed by atoms with Gasteiger partial charge in [-0.05, 0) is 23.3 Å². The van der Waals surface area contributed by atoms with Gasteiger partial charge in [0.25, 0.3) is 0 Å². The standard InChI is InChI=1S/C10H10O3/c11-7-9-3-1-2-8(6-9)4-5-10(12)13/h1-6,11H,7H2,(H,12,13). The number of hydrogen-bond donors (Lipinski definition) is 2. The van der Waals surface area contributed by atoms with Crippen LogP contribution >= 0.6 is 0 Å². The molecule has 0 aromatic heterocycles. The largest absolute Gasteiger partial charge is 0.478 e. The second-order valence-electron chi connectivity index (χ2n) is 2.57. The monoisotopic (exact) mass is 178 g/mol. The third-order valence-corrected chi connectivity index (χ3v) is 1.55. The molecule has 0 saturated heterocycles. The zero-order valence-corrected chi connectivity index (χ0v) is 6.97. The Hall–Kier alpha value is -1.61. The smallest absolute Gasteiger partial charge is 0.328 e. The van der Waals surface area contributed by atoms with Gasteiger partial charge in [0.1, 0.15) is 0 Å². The highest BCUT2D eigenvalue weighted by Gasteiger charge is 1.92. The fraction of sp³-hybridized carbons (Fsp3) is 0.100. The lowest BCUT2D eigenvalue weighted by atomic mass is 10.1. The van der Waals surface area contributed by atoms with Gasteiger partial charge >= 0.3 is 5.97 Å². The Morgan fingerprint density at radius 3 is 2.85 bits per heavy atom. The first-order valence-corrected chi connectivity index (χ1v) is 3.83. The maximum absolute atomic E-state index is 10.2. The zero-order chi connectivity index (χ0) is 9.68. The van der Waals surface area contributed by atoms with Crippen LogP contribution in [-0.4, -0.2) is 16.2 Å². The second kappa shape index (κ2) is 4.42. The number of hydrogen-bond acceptors (Lipinski definition) is 2. The van der Waals surface area contributed by atoms with Crippen LogP contribution in [0.5, 0.6) is 0 Å². The third kappa shape index (κ3) is 3.09. The Morgan fingerprint density at radius 2 is 2.23 bits per heavy atom. The van der Waals surface area contributed by atoms with Crippen LogP contribution in [0.4, 0.5) is 0 Å². The van der Waals surface area contributed by atoms with E-state index in [4.69, 9.17) is 10.2 Å². The van der Waals surface area contributed by atoms with E-state index in [9.17, 15) is 4.79 Å². The summed E-state index contributed by atoms with van der Waals surface area (Å²) in [5, 5.41) is 17.2. The van der Waals surface area contributed by atoms with Gasteiger partial charge in [-0.3, -0.25) is 0 Å². The molecule has 2 N–H and O–H groups in total. The quantitative estimate of drug-likeness (QED) is 0.685. The van der Waals surface area contributed by atoms with E-state index >= 15 is 0 Å². The summed E-state index contributed by atoms with van der Waals surface area (Å²) < 4.78 is 0. The van der Waals surface area contributed by atoms with Crippen molar-refractivity contribution in [1.82, 2.24) is 0 Å². The topological polar surface area (TPSA) is 57.5 Å². The Bertz CT molecular complexity index is 329. The van der Waals surface area contributed by atoms with Crippen LogP contribution in [0, 0.1) is 0 Å². The fourth-order valence-electron chi connectivity index (χ4n) is 0.963. The number of carboxylic acid groups (broad SMARTS) is 1. The van der Waals surface area contributed by atoms with Gasteiger partial charge in [-0.2, -0.15) is 0 Å². The molecule has 0 heterocycles. The fourth-order valence-corrected chi connectivity index (χ4v) is 0.963. The molecule has 68 valence electrons. The van der Waals surface area contributed by atoms with Crippen molar-refractivity contribution in [2.75, 3.05) is 0 Å². The highest BCUT2D eigenvalue weighted by molar-refractivity contribution is 5.85. The lowest BCUT2D eigenvalue weighted by Crippen LogP contribution is -1.87. The molecule has 13 heavy (non-hydrogen) atoms. The number of benzene rings is 1. The van der Waals surface area contributed by atoms with Gasteiger partial charge in [-0.15, -0.1) is 0 Å². The number of carboxylic acids is 1. The molecular weight excluding hydrogens is 168 g/mol. The predicted octanol–water partition coefficient (Wildman–Crippen LogP) is 1.28. The van der Waals surface area contributed by atoms with Gasteiger partial charge in [-0.1, -0.05) is 18.2 Å². The summed E-state index contributed by atoms with van der Waals surface area (Å²) in [7, 11) is 0. The van der Waals surface area contributed by atoms with Crippen LogP contribution in [0.1, 0.15) is 11.1 Å². The van der Waals surface area contributed by atoms with Gasteiger partial charge in [0.2, 0.25) is 0 Å². The molecule has 3 nitrogen and oxygen atoms in total. The average molecular weight is 178 g/mol. The number of aliphatic hydroxyl groups is 1. The summed E-state index contributed by atoms with van der Waals surface area (Å²) in [5.41, 5.74) is 1.54. The SMILES string of the molecule is O=C(O)C=Cc1cccc(CO)c1. The van der Waals surface area contributed by atoms with Gasteiger partial charge in [0.05, 0.1) is 6.61 Å². The summed E-state index contributed by atoms with van der Waals surface area (Å²) in [5.74, 6) is -0.977. The van der Waals surface area contributed by atoms with Crippen molar-refractivity contribution in [1.29, 1.82) is 0 Å². The molecule has 0 amide bonds. The van der Waals surface area contributed by atoms with E-state index in [1.54, 1.807) is 24.3 Å². The Morgan fingerprint density at radius 1 is 1.46 bits per heavy atom. The lowest BCUT2D eigenvalue weighted by molar-refractivity contribution is -0.131. The van der Waals surface area contributed by atoms with E-state index in [-0.39, 0.29) is 6.61 Å². The predicted molar refractivity (Wildman–Crippen MR) is 49.0 cm³/mol. The van der Waals surface area contributed by atoms with Crippen LogP contribution in [0.3, 0.4) is 0 Å². The van der Waals surface area contributed by atoms with E-state index < -0.39 is 5.97 Å². The number of carbonyl (C=O) groups is 1. The molecule has 3 heteroatoms. The molecule has 1 aromatic carbocycles. The molecular formula is C10H10O3. The van der Waals surface area contributed by atoms with E-state index in [2.05, 4.69) is 0 Å². The van der Waals surface area contributed by atoms with Crippen molar-refractivity contribution in [2.24, 2.45) is 0 Å². The molecule has 0 spiro atoms. The molecule has 0 aliphatic carbocycles. The van der Waals surface area contributed by atoms with Crippen molar-refractivity contribution in [3.63, 3.8) is 0 Å². The minimum atomic E-state index is -0.977. The van der Waals surface area contributed by atoms with Gasteiger partial charge in [-0.25, -0.2) is 4.79 Å². The molecule has 0 bridgehead atoms. The van der Waals surface area contributed by atoms with Crippen LogP contribution < -0.4 is 0 Å². The van der Waals surface area contributed by atoms with E-state index in [0.29, 0.717) is 0 Å². The maximum atomic E-state index is 10.2. The van der Waals surface area contributed by atoms with Crippen LogP contribution in [-0.2, 0) is 11.4 Å². The van der Waals surface area contributed by atoms with Crippen molar-refractivity contribution >= 4 is 12.0 Å². The number of aliphatic hydroxyl groups excluding tert-OH is 1. The van der Waals surface area contributed by atoms with Gasteiger partial charge in [0.15, 0.2) is 0 Å². The highest BCUT2D eigenvalue weighted by Crippen LogP contribution is 2.06. The van der Waals surface area contributed by atoms with Crippen molar-refractivity contribution in [3.8, 4) is 0 Å². The number of aliphatic carboxylic acids is 1. The Labute approximate surface area is 76.0 Å². The third-order valence-electron chi connectivity index (χ3n) is 1.55. The summed E-state index contributed by atoms with van der Waals surface area (Å²) in [4.78, 5) is 10.2. The second-order valence-corrected chi connectivity index (χ2v) is 2.57. The molecule has 0 aliphatic rings. The van der Waals surface area contributed by atoms with E-state index in [0.717, 1.165) is 17.2 Å². The average Bonchev–Trinajstić information content (AvgIpc) is 2.15. The van der Waals surface area contributed by atoms with E-state index in [1.165, 1.54) is 6.08 Å². The summed E-state index contributed by atoms with van der Waals surface area (Å²) in [6.45, 7) is -0.0330. The van der Waals surface area contributed by atoms with Crippen molar-refractivity contribution in [2.45, 2.75) is 6.61 Å². The molecule has 0 saturated carbocycles. The maximum Gasteiger partial charge on any atom is 0.328 e. The normalized spacial score (nSPS) is 10.5. The van der Waals surface area contributed by atoms with Crippen LogP contribution in [0.2, 0.25) is 0 Å². The molecule has 0 unspecified atom stereocenters. The summed E-state index contributed by atoms with van der Waals surface area (Å²) in [6.07, 6.45) is 2.55. The van der Waals surface area contributed by atoms with Crippen LogP contribution in [0.15, 0.2) is 30.3 Å². The van der Waals surface area contributed by atoms with Crippen molar-refractivity contribution in [3.05, 3.63) is 41.5 Å². The Kier molecular flexibility index (Phi) is 3.23. The lowest BCUT2D eigenvalue weighted by Gasteiger charge is -1.96. The summed E-state index contributed by atoms with van der Waals surface area (Å²) in [6, 6.07) is 7.06. The molecule has 0 aliphatic heterocycles. The van der Waals surface area contributed by atoms with Gasteiger partial charge < -0.3 is 10.2 Å². The first-order chi connectivity index (χ1) is 6.22. The minimum Gasteiger partial charge on any atom is -0.478 e. The molecule has 0 radical (unpaired) electrons. The van der Waals surface area contributed by atoms with Crippen molar-refractivity contribution < 1.29 is 15.0 Å². The highest BCUT2D eigenvalue weighted by atomic mass is 16.4. The van der Waals surface area contributed by atoms with E-state index in [1.807, 2.05) is 0 Å². The summed E-state index contributed by atoms with van der Waals surface area (Å²) >= 11 is 0.